The zero-order chi connectivity index (χ0) is 15.1. The van der Waals surface area contributed by atoms with Gasteiger partial charge < -0.3 is 20.8 Å². The van der Waals surface area contributed by atoms with E-state index in [1.807, 2.05) is 41.1 Å². The van der Waals surface area contributed by atoms with Crippen molar-refractivity contribution in [1.29, 1.82) is 0 Å². The van der Waals surface area contributed by atoms with E-state index in [4.69, 9.17) is 10.9 Å². The second-order valence-electron chi connectivity index (χ2n) is 5.06. The lowest BCUT2D eigenvalue weighted by Gasteiger charge is -2.20. The number of aromatic nitrogens is 2. The highest BCUT2D eigenvalue weighted by Crippen LogP contribution is 2.15. The summed E-state index contributed by atoms with van der Waals surface area (Å²) < 4.78 is 2.01. The molecule has 6 nitrogen and oxygen atoms in total. The summed E-state index contributed by atoms with van der Waals surface area (Å²) in [6.07, 6.45) is 5.47. The molecule has 2 atom stereocenters. The lowest BCUT2D eigenvalue weighted by Crippen LogP contribution is -2.37. The fourth-order valence-corrected chi connectivity index (χ4v) is 2.24. The first kappa shape index (κ1) is 15.1. The molecule has 2 aromatic rings. The van der Waals surface area contributed by atoms with Crippen molar-refractivity contribution in [3.05, 3.63) is 54.6 Å². The first-order chi connectivity index (χ1) is 10.2. The maximum absolute atomic E-state index is 8.96. The molecule has 0 fully saturated rings. The smallest absolute Gasteiger partial charge is 0.147 e. The topological polar surface area (TPSA) is 88.5 Å². The van der Waals surface area contributed by atoms with E-state index in [9.17, 15) is 0 Å². The van der Waals surface area contributed by atoms with Gasteiger partial charge in [-0.15, -0.1) is 0 Å². The van der Waals surface area contributed by atoms with E-state index in [2.05, 4.69) is 22.4 Å². The van der Waals surface area contributed by atoms with Crippen molar-refractivity contribution in [2.75, 3.05) is 6.54 Å². The predicted octanol–water partition coefficient (Wildman–Crippen LogP) is 1.39. The molecule has 0 bridgehead atoms. The number of nitrogens with zero attached hydrogens (tertiary/aromatic N) is 3. The Morgan fingerprint density at radius 1 is 1.43 bits per heavy atom. The molecule has 112 valence electrons. The maximum atomic E-state index is 8.96. The molecule has 6 heteroatoms. The van der Waals surface area contributed by atoms with E-state index in [0.717, 1.165) is 12.1 Å². The van der Waals surface area contributed by atoms with Gasteiger partial charge in [0.2, 0.25) is 0 Å². The van der Waals surface area contributed by atoms with Crippen molar-refractivity contribution in [1.82, 2.24) is 14.9 Å². The highest BCUT2D eigenvalue weighted by atomic mass is 16.4. The van der Waals surface area contributed by atoms with Gasteiger partial charge in [-0.1, -0.05) is 35.5 Å². The quantitative estimate of drug-likeness (QED) is 0.311. The predicted molar refractivity (Wildman–Crippen MR) is 82.3 cm³/mol. The van der Waals surface area contributed by atoms with Crippen LogP contribution in [0.3, 0.4) is 0 Å². The van der Waals surface area contributed by atoms with E-state index in [1.54, 1.807) is 12.5 Å². The average molecular weight is 287 g/mol. The van der Waals surface area contributed by atoms with Gasteiger partial charge in [-0.2, -0.15) is 0 Å². The van der Waals surface area contributed by atoms with E-state index < -0.39 is 0 Å². The molecule has 0 radical (unpaired) electrons. The van der Waals surface area contributed by atoms with Gasteiger partial charge in [0.1, 0.15) is 5.84 Å². The van der Waals surface area contributed by atoms with Crippen LogP contribution in [0.15, 0.2) is 54.2 Å². The molecule has 21 heavy (non-hydrogen) atoms. The molecule has 0 saturated heterocycles. The van der Waals surface area contributed by atoms with Crippen LogP contribution in [0.1, 0.15) is 18.4 Å². The third kappa shape index (κ3) is 4.32. The van der Waals surface area contributed by atoms with Crippen LogP contribution in [0.5, 0.6) is 0 Å². The van der Waals surface area contributed by atoms with Crippen LogP contribution in [0.2, 0.25) is 0 Å². The van der Waals surface area contributed by atoms with Crippen LogP contribution in [0.4, 0.5) is 0 Å². The molecule has 1 heterocycles. The minimum Gasteiger partial charge on any atom is -0.409 e. The van der Waals surface area contributed by atoms with Crippen LogP contribution < -0.4 is 11.1 Å². The normalized spacial score (nSPS) is 14.8. The highest BCUT2D eigenvalue weighted by molar-refractivity contribution is 5.87. The van der Waals surface area contributed by atoms with Gasteiger partial charge in [0.15, 0.2) is 0 Å². The Kier molecular flexibility index (Phi) is 5.34. The third-order valence-electron chi connectivity index (χ3n) is 3.39. The Morgan fingerprint density at radius 2 is 2.19 bits per heavy atom. The Hall–Kier alpha value is -2.34. The van der Waals surface area contributed by atoms with E-state index in [0.29, 0.717) is 6.54 Å². The van der Waals surface area contributed by atoms with E-state index in [-0.39, 0.29) is 17.8 Å². The van der Waals surface area contributed by atoms with Gasteiger partial charge in [0.25, 0.3) is 0 Å². The van der Waals surface area contributed by atoms with Crippen LogP contribution in [0, 0.1) is 0 Å². The number of hydrogen-bond donors (Lipinski definition) is 3. The van der Waals surface area contributed by atoms with Gasteiger partial charge in [0, 0.05) is 31.5 Å². The molecule has 0 saturated carbocycles. The van der Waals surface area contributed by atoms with Crippen molar-refractivity contribution >= 4 is 5.84 Å². The summed E-state index contributed by atoms with van der Waals surface area (Å²) in [6, 6.07) is 10.0. The molecular formula is C15H21N5O. The summed E-state index contributed by atoms with van der Waals surface area (Å²) in [6.45, 7) is 3.52. The van der Waals surface area contributed by atoms with Crippen molar-refractivity contribution in [2.45, 2.75) is 25.4 Å². The summed E-state index contributed by atoms with van der Waals surface area (Å²) in [5.74, 6) is 0.0602. The minimum absolute atomic E-state index is 0.151. The van der Waals surface area contributed by atoms with Gasteiger partial charge in [0.05, 0.1) is 12.2 Å². The molecule has 2 unspecified atom stereocenters. The van der Waals surface area contributed by atoms with Crippen LogP contribution in [-0.4, -0.2) is 33.2 Å². The maximum Gasteiger partial charge on any atom is 0.147 e. The minimum atomic E-state index is -0.151. The van der Waals surface area contributed by atoms with Gasteiger partial charge in [-0.05, 0) is 12.5 Å². The Bertz CT molecular complexity index is 553. The molecule has 0 amide bonds. The first-order valence-corrected chi connectivity index (χ1v) is 6.92. The molecule has 0 aliphatic carbocycles. The second-order valence-corrected chi connectivity index (χ2v) is 5.06. The molecule has 4 N–H and O–H groups in total. The van der Waals surface area contributed by atoms with Crippen molar-refractivity contribution < 1.29 is 5.21 Å². The molecule has 0 aliphatic heterocycles. The molecular weight excluding hydrogens is 266 g/mol. The highest BCUT2D eigenvalue weighted by Gasteiger charge is 2.17. The molecule has 0 spiro atoms. The monoisotopic (exact) mass is 287 g/mol. The van der Waals surface area contributed by atoms with Crippen LogP contribution in [-0.2, 0) is 6.54 Å². The van der Waals surface area contributed by atoms with Crippen molar-refractivity contribution in [3.63, 3.8) is 0 Å². The number of hydrogen-bond acceptors (Lipinski definition) is 4. The van der Waals surface area contributed by atoms with E-state index in [1.165, 1.54) is 0 Å². The number of nitrogens with one attached hydrogen (secondary N) is 1. The number of imidazole rings is 1. The van der Waals surface area contributed by atoms with Gasteiger partial charge in [-0.3, -0.25) is 0 Å². The standard InChI is InChI=1S/C15H21N5O/c1-12(10-20-8-7-17-11-20)18-9-14(15(16)19-21)13-5-3-2-4-6-13/h2-8,11-12,14,18,21H,9-10H2,1H3,(H2,16,19). The Labute approximate surface area is 124 Å². The first-order valence-electron chi connectivity index (χ1n) is 6.92. The number of rotatable bonds is 7. The fraction of sp³-hybridized carbons (Fsp3) is 0.333. The molecule has 0 aliphatic rings. The molecule has 2 rings (SSSR count). The van der Waals surface area contributed by atoms with Crippen LogP contribution in [0.25, 0.3) is 0 Å². The lowest BCUT2D eigenvalue weighted by atomic mass is 9.98. The summed E-state index contributed by atoms with van der Waals surface area (Å²) in [4.78, 5) is 4.02. The van der Waals surface area contributed by atoms with E-state index >= 15 is 0 Å². The summed E-state index contributed by atoms with van der Waals surface area (Å²) in [7, 11) is 0. The zero-order valence-electron chi connectivity index (χ0n) is 12.1. The lowest BCUT2D eigenvalue weighted by molar-refractivity contribution is 0.315. The van der Waals surface area contributed by atoms with Crippen LogP contribution >= 0.6 is 0 Å². The van der Waals surface area contributed by atoms with Crippen molar-refractivity contribution in [2.24, 2.45) is 10.9 Å². The SMILES string of the molecule is CC(Cn1ccnc1)NCC(C(N)=NO)c1ccccc1. The third-order valence-corrected chi connectivity index (χ3v) is 3.39. The molecule has 1 aromatic heterocycles. The zero-order valence-corrected chi connectivity index (χ0v) is 12.1. The Morgan fingerprint density at radius 3 is 2.81 bits per heavy atom. The average Bonchev–Trinajstić information content (AvgIpc) is 3.01. The van der Waals surface area contributed by atoms with Crippen molar-refractivity contribution in [3.8, 4) is 0 Å². The fourth-order valence-electron chi connectivity index (χ4n) is 2.24. The van der Waals surface area contributed by atoms with Gasteiger partial charge in [-0.25, -0.2) is 4.98 Å². The number of benzene rings is 1. The van der Waals surface area contributed by atoms with Gasteiger partial charge >= 0.3 is 0 Å². The molecule has 1 aromatic carbocycles. The number of nitrogens with two attached hydrogens (primary N) is 1. The second kappa shape index (κ2) is 7.44. The Balaban J connectivity index is 1.96. The summed E-state index contributed by atoms with van der Waals surface area (Å²) >= 11 is 0. The number of amidine groups is 1. The summed E-state index contributed by atoms with van der Waals surface area (Å²) in [5, 5.41) is 15.5. The number of oxime groups is 1. The largest absolute Gasteiger partial charge is 0.409 e. The summed E-state index contributed by atoms with van der Waals surface area (Å²) in [5.41, 5.74) is 6.84.